The number of nitrogens with zero attached hydrogens (tertiary/aromatic N) is 1. The Morgan fingerprint density at radius 3 is 2.26 bits per heavy atom. The molecule has 0 saturated carbocycles. The van der Waals surface area contributed by atoms with Crippen LogP contribution in [0.4, 0.5) is 4.39 Å². The van der Waals surface area contributed by atoms with Gasteiger partial charge in [0.15, 0.2) is 0 Å². The number of hydrogen-bond acceptors (Lipinski definition) is 2. The number of benzene rings is 1. The van der Waals surface area contributed by atoms with Crippen molar-refractivity contribution in [2.75, 3.05) is 20.1 Å². The third-order valence-electron chi connectivity index (χ3n) is 4.12. The summed E-state index contributed by atoms with van der Waals surface area (Å²) in [6.45, 7) is 12.8. The predicted octanol–water partition coefficient (Wildman–Crippen LogP) is 3.52. The predicted molar refractivity (Wildman–Crippen MR) is 79.9 cm³/mol. The highest BCUT2D eigenvalue weighted by atomic mass is 19.1. The van der Waals surface area contributed by atoms with E-state index in [0.29, 0.717) is 0 Å². The summed E-state index contributed by atoms with van der Waals surface area (Å²) in [7, 11) is 1.97. The lowest BCUT2D eigenvalue weighted by atomic mass is 9.85. The number of likely N-dealkylation sites (N-methyl/N-ethyl adjacent to an activating group) is 2. The van der Waals surface area contributed by atoms with Gasteiger partial charge in [-0.3, -0.25) is 4.90 Å². The molecule has 0 spiro atoms. The van der Waals surface area contributed by atoms with Crippen molar-refractivity contribution in [2.45, 2.75) is 46.2 Å². The first-order valence-corrected chi connectivity index (χ1v) is 7.06. The second-order valence-corrected chi connectivity index (χ2v) is 5.55. The summed E-state index contributed by atoms with van der Waals surface area (Å²) in [4.78, 5) is 2.43. The monoisotopic (exact) mass is 266 g/mol. The van der Waals surface area contributed by atoms with Gasteiger partial charge in [-0.25, -0.2) is 4.39 Å². The Bertz CT molecular complexity index is 411. The van der Waals surface area contributed by atoms with Crippen LogP contribution in [0.1, 0.15) is 44.9 Å². The van der Waals surface area contributed by atoms with Gasteiger partial charge in [-0.05, 0) is 64.2 Å². The molecule has 1 rings (SSSR count). The molecular formula is C16H27FN2. The Labute approximate surface area is 117 Å². The van der Waals surface area contributed by atoms with E-state index in [-0.39, 0.29) is 17.4 Å². The molecule has 0 aliphatic carbocycles. The van der Waals surface area contributed by atoms with Gasteiger partial charge in [-0.15, -0.1) is 0 Å². The van der Waals surface area contributed by atoms with E-state index < -0.39 is 0 Å². The van der Waals surface area contributed by atoms with E-state index in [1.807, 2.05) is 20.0 Å². The van der Waals surface area contributed by atoms with Crippen molar-refractivity contribution in [3.8, 4) is 0 Å². The Hall–Kier alpha value is -0.930. The van der Waals surface area contributed by atoms with E-state index in [1.165, 1.54) is 5.56 Å². The summed E-state index contributed by atoms with van der Waals surface area (Å²) in [6.07, 6.45) is 0. The molecule has 1 aromatic carbocycles. The Balaban J connectivity index is 3.18. The molecule has 0 fully saturated rings. The van der Waals surface area contributed by atoms with Crippen molar-refractivity contribution in [2.24, 2.45) is 0 Å². The van der Waals surface area contributed by atoms with Gasteiger partial charge in [-0.1, -0.05) is 19.9 Å². The molecule has 1 aromatic rings. The van der Waals surface area contributed by atoms with Gasteiger partial charge in [-0.2, -0.15) is 0 Å². The van der Waals surface area contributed by atoms with Crippen molar-refractivity contribution in [3.63, 3.8) is 0 Å². The number of hydrogen-bond donors (Lipinski definition) is 1. The molecule has 1 atom stereocenters. The van der Waals surface area contributed by atoms with Crippen LogP contribution in [-0.2, 0) is 0 Å². The molecule has 1 N–H and O–H groups in total. The maximum absolute atomic E-state index is 13.3. The van der Waals surface area contributed by atoms with Crippen molar-refractivity contribution in [1.29, 1.82) is 0 Å². The fourth-order valence-corrected chi connectivity index (χ4v) is 3.07. The smallest absolute Gasteiger partial charge is 0.123 e. The minimum Gasteiger partial charge on any atom is -0.311 e. The van der Waals surface area contributed by atoms with Gasteiger partial charge in [0.05, 0.1) is 6.04 Å². The van der Waals surface area contributed by atoms with Gasteiger partial charge in [0, 0.05) is 5.54 Å². The van der Waals surface area contributed by atoms with Crippen LogP contribution in [0.3, 0.4) is 0 Å². The SMILES string of the molecule is CCN(CC)C(C)(C)C(NC)c1ccc(F)cc1C. The van der Waals surface area contributed by atoms with E-state index in [1.54, 1.807) is 12.1 Å². The lowest BCUT2D eigenvalue weighted by Gasteiger charge is -2.44. The highest BCUT2D eigenvalue weighted by Gasteiger charge is 2.34. The molecule has 0 bridgehead atoms. The molecule has 0 aliphatic heterocycles. The van der Waals surface area contributed by atoms with E-state index in [9.17, 15) is 4.39 Å². The molecule has 0 saturated heterocycles. The van der Waals surface area contributed by atoms with Gasteiger partial charge < -0.3 is 5.32 Å². The maximum atomic E-state index is 13.3. The molecule has 0 heterocycles. The van der Waals surface area contributed by atoms with Crippen LogP contribution < -0.4 is 5.32 Å². The van der Waals surface area contributed by atoms with Crippen molar-refractivity contribution >= 4 is 0 Å². The van der Waals surface area contributed by atoms with Gasteiger partial charge >= 0.3 is 0 Å². The second-order valence-electron chi connectivity index (χ2n) is 5.55. The van der Waals surface area contributed by atoms with Gasteiger partial charge in [0.2, 0.25) is 0 Å². The van der Waals surface area contributed by atoms with Crippen LogP contribution in [0.15, 0.2) is 18.2 Å². The molecule has 1 unspecified atom stereocenters. The van der Waals surface area contributed by atoms with Gasteiger partial charge in [0.25, 0.3) is 0 Å². The average molecular weight is 266 g/mol. The zero-order valence-electron chi connectivity index (χ0n) is 13.0. The fraction of sp³-hybridized carbons (Fsp3) is 0.625. The summed E-state index contributed by atoms with van der Waals surface area (Å²) in [5, 5.41) is 3.40. The topological polar surface area (TPSA) is 15.3 Å². The second kappa shape index (κ2) is 6.49. The molecule has 0 radical (unpaired) electrons. The molecule has 19 heavy (non-hydrogen) atoms. The first-order chi connectivity index (χ1) is 8.88. The molecule has 0 aliphatic rings. The number of rotatable bonds is 6. The summed E-state index contributed by atoms with van der Waals surface area (Å²) in [6, 6.07) is 5.23. The highest BCUT2D eigenvalue weighted by Crippen LogP contribution is 2.32. The summed E-state index contributed by atoms with van der Waals surface area (Å²) in [5.41, 5.74) is 2.14. The Morgan fingerprint density at radius 1 is 1.26 bits per heavy atom. The highest BCUT2D eigenvalue weighted by molar-refractivity contribution is 5.31. The molecular weight excluding hydrogens is 239 g/mol. The van der Waals surface area contributed by atoms with Crippen LogP contribution in [-0.4, -0.2) is 30.6 Å². The standard InChI is InChI=1S/C16H27FN2/c1-7-19(8-2)16(4,5)15(18-6)14-10-9-13(17)11-12(14)3/h9-11,15,18H,7-8H2,1-6H3. The van der Waals surface area contributed by atoms with E-state index in [2.05, 4.69) is 37.9 Å². The molecule has 108 valence electrons. The van der Waals surface area contributed by atoms with Crippen molar-refractivity contribution < 1.29 is 4.39 Å². The van der Waals surface area contributed by atoms with E-state index in [4.69, 9.17) is 0 Å². The van der Waals surface area contributed by atoms with Crippen LogP contribution in [0.2, 0.25) is 0 Å². The minimum atomic E-state index is -0.170. The zero-order chi connectivity index (χ0) is 14.6. The normalized spacial score (nSPS) is 13.9. The Kier molecular flexibility index (Phi) is 5.50. The fourth-order valence-electron chi connectivity index (χ4n) is 3.07. The summed E-state index contributed by atoms with van der Waals surface area (Å²) < 4.78 is 13.3. The zero-order valence-corrected chi connectivity index (χ0v) is 13.0. The van der Waals surface area contributed by atoms with Crippen LogP contribution in [0.25, 0.3) is 0 Å². The first kappa shape index (κ1) is 16.1. The minimum absolute atomic E-state index is 0.0269. The van der Waals surface area contributed by atoms with Crippen molar-refractivity contribution in [3.05, 3.63) is 35.1 Å². The number of halogens is 1. The Morgan fingerprint density at radius 2 is 1.84 bits per heavy atom. The maximum Gasteiger partial charge on any atom is 0.123 e. The first-order valence-electron chi connectivity index (χ1n) is 7.06. The summed E-state index contributed by atoms with van der Waals surface area (Å²) in [5.74, 6) is -0.170. The number of nitrogens with one attached hydrogen (secondary N) is 1. The number of aryl methyl sites for hydroxylation is 1. The average Bonchev–Trinajstić information content (AvgIpc) is 2.33. The third kappa shape index (κ3) is 3.34. The molecule has 2 nitrogen and oxygen atoms in total. The third-order valence-corrected chi connectivity index (χ3v) is 4.12. The lowest BCUT2D eigenvalue weighted by Crippen LogP contribution is -2.52. The van der Waals surface area contributed by atoms with Crippen LogP contribution in [0, 0.1) is 12.7 Å². The van der Waals surface area contributed by atoms with Crippen LogP contribution >= 0.6 is 0 Å². The van der Waals surface area contributed by atoms with E-state index >= 15 is 0 Å². The largest absolute Gasteiger partial charge is 0.311 e. The van der Waals surface area contributed by atoms with Gasteiger partial charge in [0.1, 0.15) is 5.82 Å². The molecule has 0 amide bonds. The quantitative estimate of drug-likeness (QED) is 0.847. The lowest BCUT2D eigenvalue weighted by molar-refractivity contribution is 0.0942. The van der Waals surface area contributed by atoms with Crippen LogP contribution in [0.5, 0.6) is 0 Å². The molecule has 3 heteroatoms. The van der Waals surface area contributed by atoms with Crippen molar-refractivity contribution in [1.82, 2.24) is 10.2 Å². The molecule has 0 aromatic heterocycles. The van der Waals surface area contributed by atoms with E-state index in [0.717, 1.165) is 18.7 Å². The summed E-state index contributed by atoms with van der Waals surface area (Å²) >= 11 is 0.